The van der Waals surface area contributed by atoms with E-state index in [1.807, 2.05) is 11.8 Å². The van der Waals surface area contributed by atoms with E-state index in [4.69, 9.17) is 4.84 Å². The van der Waals surface area contributed by atoms with Crippen molar-refractivity contribution in [3.63, 3.8) is 0 Å². The van der Waals surface area contributed by atoms with Crippen molar-refractivity contribution in [1.29, 1.82) is 0 Å². The maximum atomic E-state index is 13.3. The Hall–Kier alpha value is -2.98. The van der Waals surface area contributed by atoms with Crippen molar-refractivity contribution in [3.8, 4) is 0 Å². The number of hydrogen-bond donors (Lipinski definition) is 0. The van der Waals surface area contributed by atoms with Crippen molar-refractivity contribution in [2.45, 2.75) is 56.9 Å². The minimum absolute atomic E-state index is 0.00331. The fourth-order valence-electron chi connectivity index (χ4n) is 5.79. The fourth-order valence-corrected chi connectivity index (χ4v) is 6.42. The second-order valence-electron chi connectivity index (χ2n) is 10.8. The lowest BCUT2D eigenvalue weighted by Crippen LogP contribution is -2.57. The van der Waals surface area contributed by atoms with Gasteiger partial charge in [-0.1, -0.05) is 17.3 Å². The lowest BCUT2D eigenvalue weighted by Gasteiger charge is -2.49. The first-order chi connectivity index (χ1) is 17.9. The van der Waals surface area contributed by atoms with Gasteiger partial charge in [-0.05, 0) is 75.9 Å². The van der Waals surface area contributed by atoms with Crippen LogP contribution < -0.4 is 4.73 Å². The summed E-state index contributed by atoms with van der Waals surface area (Å²) in [6.07, 6.45) is 6.23. The van der Waals surface area contributed by atoms with E-state index in [1.165, 1.54) is 19.6 Å². The van der Waals surface area contributed by atoms with Gasteiger partial charge in [-0.2, -0.15) is 4.73 Å². The highest BCUT2D eigenvalue weighted by molar-refractivity contribution is 7.90. The molecule has 4 rings (SSSR count). The lowest BCUT2D eigenvalue weighted by molar-refractivity contribution is -0.612. The molecular weight excluding hydrogens is 504 g/mol. The van der Waals surface area contributed by atoms with E-state index in [0.29, 0.717) is 24.3 Å². The normalized spacial score (nSPS) is 19.4. The number of aryl methyl sites for hydroxylation is 1. The predicted octanol–water partition coefficient (Wildman–Crippen LogP) is 3.10. The number of sulfone groups is 1. The maximum absolute atomic E-state index is 13.3. The van der Waals surface area contributed by atoms with Crippen LogP contribution in [0.3, 0.4) is 0 Å². The molecule has 206 valence electrons. The number of amides is 1. The Morgan fingerprint density at radius 1 is 1.08 bits per heavy atom. The van der Waals surface area contributed by atoms with Crippen LogP contribution in [0.25, 0.3) is 0 Å². The van der Waals surface area contributed by atoms with Crippen LogP contribution in [0, 0.1) is 25.0 Å². The third-order valence-corrected chi connectivity index (χ3v) is 9.43. The van der Waals surface area contributed by atoms with Crippen molar-refractivity contribution in [3.05, 3.63) is 64.1 Å². The van der Waals surface area contributed by atoms with Crippen LogP contribution in [0.5, 0.6) is 0 Å². The van der Waals surface area contributed by atoms with Crippen LogP contribution >= 0.6 is 0 Å². The Morgan fingerprint density at radius 2 is 1.68 bits per heavy atom. The summed E-state index contributed by atoms with van der Waals surface area (Å²) in [4.78, 5) is 23.1. The fraction of sp³-hybridized carbons (Fsp3) is 0.536. The highest BCUT2D eigenvalue weighted by atomic mass is 32.2. The summed E-state index contributed by atoms with van der Waals surface area (Å²) in [5, 5.41) is 16.4. The zero-order chi connectivity index (χ0) is 27.7. The molecule has 0 bridgehead atoms. The third kappa shape index (κ3) is 5.71. The second-order valence-corrected chi connectivity index (χ2v) is 12.8. The summed E-state index contributed by atoms with van der Waals surface area (Å²) < 4.78 is 24.4. The topological polar surface area (TPSA) is 106 Å². The quantitative estimate of drug-likeness (QED) is 0.240. The SMILES string of the molecule is CO/N=C(\c1ccc(S(C)(=O)=O)cc1)C1CCN(C2(C)CCN(C(=O)c3c(C)cc[n+]([O-])c3C)CC2)CC1. The van der Waals surface area contributed by atoms with Crippen LogP contribution in [0.4, 0.5) is 0 Å². The predicted molar refractivity (Wildman–Crippen MR) is 146 cm³/mol. The molecule has 0 spiro atoms. The monoisotopic (exact) mass is 542 g/mol. The van der Waals surface area contributed by atoms with Gasteiger partial charge in [0.1, 0.15) is 12.7 Å². The van der Waals surface area contributed by atoms with E-state index in [2.05, 4.69) is 17.0 Å². The minimum atomic E-state index is -3.26. The van der Waals surface area contributed by atoms with Gasteiger partial charge in [-0.3, -0.25) is 9.69 Å². The van der Waals surface area contributed by atoms with Crippen molar-refractivity contribution in [1.82, 2.24) is 9.80 Å². The van der Waals surface area contributed by atoms with Gasteiger partial charge < -0.3 is 14.9 Å². The number of benzene rings is 1. The van der Waals surface area contributed by atoms with E-state index in [1.54, 1.807) is 37.3 Å². The van der Waals surface area contributed by atoms with Gasteiger partial charge in [-0.15, -0.1) is 0 Å². The molecule has 0 aliphatic carbocycles. The number of nitrogens with zero attached hydrogens (tertiary/aromatic N) is 4. The molecule has 3 heterocycles. The number of rotatable bonds is 6. The molecule has 2 fully saturated rings. The Bertz CT molecular complexity index is 1310. The largest absolute Gasteiger partial charge is 0.618 e. The number of carbonyl (C=O) groups excluding carboxylic acids is 1. The molecule has 10 heteroatoms. The summed E-state index contributed by atoms with van der Waals surface area (Å²) in [5.41, 5.74) is 3.51. The van der Waals surface area contributed by atoms with Crippen LogP contribution in [0.2, 0.25) is 0 Å². The van der Waals surface area contributed by atoms with E-state index >= 15 is 0 Å². The molecular formula is C28H38N4O5S. The summed E-state index contributed by atoms with van der Waals surface area (Å²) >= 11 is 0. The van der Waals surface area contributed by atoms with Crippen LogP contribution in [0.15, 0.2) is 46.6 Å². The number of likely N-dealkylation sites (tertiary alicyclic amines) is 2. The number of aromatic nitrogens is 1. The van der Waals surface area contributed by atoms with Gasteiger partial charge in [0, 0.05) is 43.8 Å². The van der Waals surface area contributed by atoms with Gasteiger partial charge in [0.2, 0.25) is 5.69 Å². The Morgan fingerprint density at radius 3 is 2.24 bits per heavy atom. The molecule has 1 aromatic carbocycles. The Kier molecular flexibility index (Phi) is 8.13. The molecule has 2 aliphatic heterocycles. The van der Waals surface area contributed by atoms with Gasteiger partial charge in [0.25, 0.3) is 5.91 Å². The molecule has 0 radical (unpaired) electrons. The first-order valence-corrected chi connectivity index (χ1v) is 15.0. The van der Waals surface area contributed by atoms with Crippen LogP contribution in [-0.2, 0) is 14.7 Å². The number of pyridine rings is 1. The Balaban J connectivity index is 1.39. The molecule has 2 saturated heterocycles. The van der Waals surface area contributed by atoms with E-state index in [-0.39, 0.29) is 22.3 Å². The molecule has 38 heavy (non-hydrogen) atoms. The zero-order valence-electron chi connectivity index (χ0n) is 22.9. The second kappa shape index (κ2) is 11.0. The van der Waals surface area contributed by atoms with E-state index in [9.17, 15) is 18.4 Å². The van der Waals surface area contributed by atoms with Crippen molar-refractivity contribution < 1.29 is 22.8 Å². The number of oxime groups is 1. The van der Waals surface area contributed by atoms with Gasteiger partial charge >= 0.3 is 0 Å². The van der Waals surface area contributed by atoms with E-state index < -0.39 is 9.84 Å². The summed E-state index contributed by atoms with van der Waals surface area (Å²) in [6.45, 7) is 8.99. The smallest absolute Gasteiger partial charge is 0.260 e. The molecule has 9 nitrogen and oxygen atoms in total. The van der Waals surface area contributed by atoms with E-state index in [0.717, 1.165) is 60.3 Å². The molecule has 2 aliphatic rings. The average Bonchev–Trinajstić information content (AvgIpc) is 2.90. The summed E-state index contributed by atoms with van der Waals surface area (Å²) in [7, 11) is -1.72. The molecule has 0 N–H and O–H groups in total. The van der Waals surface area contributed by atoms with Crippen molar-refractivity contribution in [2.75, 3.05) is 39.5 Å². The van der Waals surface area contributed by atoms with Gasteiger partial charge in [-0.25, -0.2) is 8.42 Å². The highest BCUT2D eigenvalue weighted by Gasteiger charge is 2.40. The molecule has 1 amide bonds. The maximum Gasteiger partial charge on any atom is 0.260 e. The zero-order valence-corrected chi connectivity index (χ0v) is 23.8. The lowest BCUT2D eigenvalue weighted by atomic mass is 9.82. The molecule has 2 aromatic rings. The standard InChI is InChI=1S/C28H38N4O5S/c1-20-10-17-32(34)21(2)25(20)27(33)30-18-13-28(3,14-19-30)31-15-11-23(12-16-31)26(29-37-4)22-6-8-24(9-7-22)38(5,35)36/h6-10,17,23H,11-16,18-19H2,1-5H3/b29-26+. The van der Waals surface area contributed by atoms with Gasteiger partial charge in [0.05, 0.1) is 10.6 Å². The summed E-state index contributed by atoms with van der Waals surface area (Å²) in [6, 6.07) is 8.55. The summed E-state index contributed by atoms with van der Waals surface area (Å²) in [5.74, 6) is 0.150. The average molecular weight is 543 g/mol. The first-order valence-electron chi connectivity index (χ1n) is 13.1. The van der Waals surface area contributed by atoms with Crippen LogP contribution in [-0.4, -0.2) is 74.9 Å². The Labute approximate surface area is 225 Å². The molecule has 1 aromatic heterocycles. The third-order valence-electron chi connectivity index (χ3n) is 8.30. The van der Waals surface area contributed by atoms with Crippen molar-refractivity contribution in [2.24, 2.45) is 11.1 Å². The van der Waals surface area contributed by atoms with Crippen LogP contribution in [0.1, 0.15) is 59.8 Å². The molecule has 0 saturated carbocycles. The minimum Gasteiger partial charge on any atom is -0.618 e. The number of piperidine rings is 2. The molecule has 0 unspecified atom stereocenters. The number of carbonyl (C=O) groups is 1. The molecule has 0 atom stereocenters. The van der Waals surface area contributed by atoms with Gasteiger partial charge in [0.15, 0.2) is 16.0 Å². The number of hydrogen-bond acceptors (Lipinski definition) is 7. The first kappa shape index (κ1) is 28.0. The highest BCUT2D eigenvalue weighted by Crippen LogP contribution is 2.34. The van der Waals surface area contributed by atoms with Crippen molar-refractivity contribution >= 4 is 21.5 Å².